The van der Waals surface area contributed by atoms with Crippen molar-refractivity contribution in [2.24, 2.45) is 13.0 Å². The van der Waals surface area contributed by atoms with Gasteiger partial charge >= 0.3 is 18.7 Å². The van der Waals surface area contributed by atoms with Crippen LogP contribution in [0.25, 0.3) is 0 Å². The van der Waals surface area contributed by atoms with Crippen LogP contribution in [0.4, 0.5) is 51.1 Å². The third-order valence-corrected chi connectivity index (χ3v) is 7.48. The van der Waals surface area contributed by atoms with Crippen LogP contribution in [0, 0.1) is 5.92 Å². The normalized spacial score (nSPS) is 19.1. The molecule has 0 N–H and O–H groups in total. The van der Waals surface area contributed by atoms with Crippen LogP contribution in [0.5, 0.6) is 5.75 Å². The van der Waals surface area contributed by atoms with Gasteiger partial charge in [-0.2, -0.15) is 31.1 Å². The number of carbonyl (C=O) groups is 1. The number of carbonyl (C=O) groups excluding carboxylic acids is 1. The first-order valence-corrected chi connectivity index (χ1v) is 13.5. The first kappa shape index (κ1) is 31.4. The number of tetrazole rings is 1. The maximum atomic E-state index is 13.7. The van der Waals surface area contributed by atoms with Crippen LogP contribution in [0.1, 0.15) is 60.9 Å². The number of hydrogen-bond donors (Lipinski definition) is 0. The van der Waals surface area contributed by atoms with Gasteiger partial charge in [0.1, 0.15) is 5.75 Å². The summed E-state index contributed by atoms with van der Waals surface area (Å²) in [6.07, 6.45) is -13.6. The van der Waals surface area contributed by atoms with Crippen LogP contribution in [0.3, 0.4) is 0 Å². The Labute approximate surface area is 244 Å². The zero-order valence-corrected chi connectivity index (χ0v) is 23.1. The van der Waals surface area contributed by atoms with Crippen molar-refractivity contribution >= 4 is 17.5 Å². The summed E-state index contributed by atoms with van der Waals surface area (Å²) >= 11 is 0. The van der Waals surface area contributed by atoms with Crippen LogP contribution in [-0.2, 0) is 30.7 Å². The van der Waals surface area contributed by atoms with E-state index in [-0.39, 0.29) is 41.5 Å². The van der Waals surface area contributed by atoms with E-state index in [2.05, 4.69) is 20.1 Å². The molecule has 238 valence electrons. The van der Waals surface area contributed by atoms with Gasteiger partial charge in [0.2, 0.25) is 5.91 Å². The quantitative estimate of drug-likeness (QED) is 0.265. The molecule has 3 aromatic rings. The monoisotopic (exact) mass is 636 g/mol. The number of rotatable bonds is 7. The molecule has 5 rings (SSSR count). The first-order chi connectivity index (χ1) is 20.4. The molecule has 2 aromatic carbocycles. The molecule has 1 aromatic heterocycles. The Morgan fingerprint density at radius 1 is 0.977 bits per heavy atom. The Hall–Kier alpha value is -4.05. The third-order valence-electron chi connectivity index (χ3n) is 7.48. The number of ether oxygens (including phenoxy) is 1. The average molecular weight is 637 g/mol. The Balaban J connectivity index is 1.67. The van der Waals surface area contributed by atoms with Crippen LogP contribution in [0.15, 0.2) is 36.4 Å². The summed E-state index contributed by atoms with van der Waals surface area (Å²) in [4.78, 5) is 17.2. The summed E-state index contributed by atoms with van der Waals surface area (Å²) in [5.74, 6) is -1.31. The molecule has 2 atom stereocenters. The van der Waals surface area contributed by atoms with E-state index < -0.39 is 59.8 Å². The number of fused-ring (bicyclic) bond motifs is 1. The number of aromatic nitrogens is 4. The second-order valence-electron chi connectivity index (χ2n) is 10.7. The molecule has 2 heterocycles. The van der Waals surface area contributed by atoms with Crippen molar-refractivity contribution in [3.8, 4) is 5.75 Å². The van der Waals surface area contributed by atoms with Crippen LogP contribution >= 0.6 is 0 Å². The average Bonchev–Trinajstić information content (AvgIpc) is 3.68. The maximum absolute atomic E-state index is 13.7. The summed E-state index contributed by atoms with van der Waals surface area (Å²) < 4.78 is 126. The third kappa shape index (κ3) is 6.70. The van der Waals surface area contributed by atoms with Gasteiger partial charge in [0.15, 0.2) is 0 Å². The minimum atomic E-state index is -5.11. The van der Waals surface area contributed by atoms with E-state index >= 15 is 0 Å². The first-order valence-electron chi connectivity index (χ1n) is 13.5. The lowest BCUT2D eigenvalue weighted by molar-refractivity contribution is -0.274. The second-order valence-corrected chi connectivity index (χ2v) is 10.7. The van der Waals surface area contributed by atoms with Crippen molar-refractivity contribution in [2.45, 2.75) is 70.0 Å². The summed E-state index contributed by atoms with van der Waals surface area (Å²) in [6, 6.07) is 2.99. The fraction of sp³-hybridized carbons (Fsp3) is 0.481. The van der Waals surface area contributed by atoms with Crippen LogP contribution < -0.4 is 14.5 Å². The van der Waals surface area contributed by atoms with Gasteiger partial charge in [-0.05, 0) is 72.9 Å². The van der Waals surface area contributed by atoms with Gasteiger partial charge in [-0.3, -0.25) is 4.79 Å². The molecule has 8 nitrogen and oxygen atoms in total. The number of hydrogen-bond acceptors (Lipinski definition) is 6. The van der Waals surface area contributed by atoms with Gasteiger partial charge in [0.05, 0.1) is 24.2 Å². The molecular formula is C27H25F9N6O2. The SMILES string of the molecule is CCC1CC(N(Cc2cc(C(F)(F)F)cc(C(F)(F)F)c2)c2nnn(C)n2)c2cc(OC(F)(F)F)ccc2N1C(=O)C1CC1. The number of halogens is 9. The molecule has 1 aliphatic heterocycles. The molecule has 44 heavy (non-hydrogen) atoms. The molecule has 2 unspecified atom stereocenters. The van der Waals surface area contributed by atoms with E-state index in [9.17, 15) is 44.3 Å². The van der Waals surface area contributed by atoms with Gasteiger partial charge in [-0.1, -0.05) is 12.0 Å². The zero-order valence-electron chi connectivity index (χ0n) is 23.1. The van der Waals surface area contributed by atoms with E-state index in [1.54, 1.807) is 6.92 Å². The maximum Gasteiger partial charge on any atom is 0.573 e. The molecule has 0 radical (unpaired) electrons. The molecule has 1 amide bonds. The van der Waals surface area contributed by atoms with Crippen molar-refractivity contribution in [1.29, 1.82) is 0 Å². The number of benzene rings is 2. The number of aryl methyl sites for hydroxylation is 1. The van der Waals surface area contributed by atoms with Crippen molar-refractivity contribution < 1.29 is 49.0 Å². The molecular weight excluding hydrogens is 611 g/mol. The minimum absolute atomic E-state index is 0.000439. The van der Waals surface area contributed by atoms with E-state index in [1.807, 2.05) is 0 Å². The van der Waals surface area contributed by atoms with Crippen molar-refractivity contribution in [2.75, 3.05) is 9.80 Å². The van der Waals surface area contributed by atoms with E-state index in [0.29, 0.717) is 31.4 Å². The van der Waals surface area contributed by atoms with Crippen molar-refractivity contribution in [3.63, 3.8) is 0 Å². The Bertz CT molecular complexity index is 1500. The summed E-state index contributed by atoms with van der Waals surface area (Å²) in [5, 5.41) is 11.8. The minimum Gasteiger partial charge on any atom is -0.406 e. The highest BCUT2D eigenvalue weighted by Crippen LogP contribution is 2.47. The molecule has 1 fully saturated rings. The zero-order chi connectivity index (χ0) is 32.2. The van der Waals surface area contributed by atoms with Crippen molar-refractivity contribution in [3.05, 3.63) is 58.7 Å². The number of anilines is 2. The van der Waals surface area contributed by atoms with Gasteiger partial charge in [-0.25, -0.2) is 0 Å². The number of amides is 1. The van der Waals surface area contributed by atoms with Crippen LogP contribution in [-0.4, -0.2) is 38.5 Å². The smallest absolute Gasteiger partial charge is 0.406 e. The van der Waals surface area contributed by atoms with Gasteiger partial charge in [0, 0.05) is 29.8 Å². The Kier molecular flexibility index (Phi) is 7.95. The predicted octanol–water partition coefficient (Wildman–Crippen LogP) is 6.82. The molecule has 0 bridgehead atoms. The molecule has 1 saturated carbocycles. The highest BCUT2D eigenvalue weighted by atomic mass is 19.4. The Morgan fingerprint density at radius 2 is 1.61 bits per heavy atom. The summed E-state index contributed by atoms with van der Waals surface area (Å²) in [7, 11) is 1.38. The topological polar surface area (TPSA) is 76.4 Å². The molecule has 0 saturated heterocycles. The number of nitrogens with zero attached hydrogens (tertiary/aromatic N) is 6. The van der Waals surface area contributed by atoms with Crippen molar-refractivity contribution in [1.82, 2.24) is 20.2 Å². The fourth-order valence-electron chi connectivity index (χ4n) is 5.39. The molecule has 2 aliphatic rings. The lowest BCUT2D eigenvalue weighted by Gasteiger charge is -2.44. The Morgan fingerprint density at radius 3 is 2.11 bits per heavy atom. The molecule has 17 heteroatoms. The lowest BCUT2D eigenvalue weighted by atomic mass is 9.87. The van der Waals surface area contributed by atoms with E-state index in [4.69, 9.17) is 0 Å². The molecule has 0 spiro atoms. The van der Waals surface area contributed by atoms with E-state index in [1.165, 1.54) is 22.9 Å². The van der Waals surface area contributed by atoms with E-state index in [0.717, 1.165) is 16.9 Å². The number of alkyl halides is 9. The van der Waals surface area contributed by atoms with Gasteiger partial charge < -0.3 is 14.5 Å². The predicted molar refractivity (Wildman–Crippen MR) is 136 cm³/mol. The summed E-state index contributed by atoms with van der Waals surface area (Å²) in [6.45, 7) is 1.18. The van der Waals surface area contributed by atoms with Crippen LogP contribution in [0.2, 0.25) is 0 Å². The molecule has 1 aliphatic carbocycles. The van der Waals surface area contributed by atoms with Gasteiger partial charge in [-0.15, -0.1) is 18.3 Å². The summed E-state index contributed by atoms with van der Waals surface area (Å²) in [5.41, 5.74) is -3.11. The standard InChI is InChI=1S/C27H25F9N6O2/c1-3-18-11-22(20-12-19(44-27(34,35)36)6-7-21(20)42(18)23(43)15-4-5-15)41(24-37-39-40(2)38-24)13-14-8-16(25(28,29)30)10-17(9-14)26(31,32)33/h6-10,12,15,18,22H,3-5,11,13H2,1-2H3. The fourth-order valence-corrected chi connectivity index (χ4v) is 5.39. The highest BCUT2D eigenvalue weighted by molar-refractivity contribution is 5.98. The lowest BCUT2D eigenvalue weighted by Crippen LogP contribution is -2.48. The largest absolute Gasteiger partial charge is 0.573 e. The second kappa shape index (κ2) is 11.1. The highest BCUT2D eigenvalue weighted by Gasteiger charge is 2.44. The van der Waals surface area contributed by atoms with Gasteiger partial charge in [0.25, 0.3) is 5.95 Å².